The van der Waals surface area contributed by atoms with Gasteiger partial charge in [-0.15, -0.1) is 0 Å². The molecule has 19 heavy (non-hydrogen) atoms. The van der Waals surface area contributed by atoms with Crippen LogP contribution in [-0.4, -0.2) is 7.11 Å². The molecule has 0 amide bonds. The first kappa shape index (κ1) is 14.4. The molecule has 0 atom stereocenters. The van der Waals surface area contributed by atoms with Gasteiger partial charge in [-0.3, -0.25) is 0 Å². The minimum Gasteiger partial charge on any atom is -0.496 e. The Balaban J connectivity index is 2.13. The lowest BCUT2D eigenvalue weighted by Crippen LogP contribution is -2.02. The van der Waals surface area contributed by atoms with Crippen molar-refractivity contribution in [1.82, 2.24) is 0 Å². The molecule has 0 unspecified atom stereocenters. The molecule has 4 heteroatoms. The number of benzene rings is 2. The second-order valence-corrected chi connectivity index (χ2v) is 6.04. The average Bonchev–Trinajstić information content (AvgIpc) is 2.40. The number of nitrogens with one attached hydrogen (secondary N) is 1. The molecule has 2 aromatic rings. The summed E-state index contributed by atoms with van der Waals surface area (Å²) in [4.78, 5) is 0. The van der Waals surface area contributed by atoms with E-state index in [2.05, 4.69) is 68.4 Å². The van der Waals surface area contributed by atoms with Crippen molar-refractivity contribution in [2.24, 2.45) is 0 Å². The number of hydrogen-bond donors (Lipinski definition) is 1. The first-order chi connectivity index (χ1) is 9.10. The van der Waals surface area contributed by atoms with Crippen LogP contribution in [-0.2, 0) is 6.54 Å². The van der Waals surface area contributed by atoms with Crippen LogP contribution in [0.15, 0.2) is 45.3 Å². The minimum atomic E-state index is 0.726. The third kappa shape index (κ3) is 3.74. The van der Waals surface area contributed by atoms with Gasteiger partial charge in [0.25, 0.3) is 0 Å². The van der Waals surface area contributed by atoms with Gasteiger partial charge in [0.05, 0.1) is 7.11 Å². The van der Waals surface area contributed by atoms with E-state index in [1.165, 1.54) is 5.56 Å². The molecule has 0 bridgehead atoms. The first-order valence-electron chi connectivity index (χ1n) is 5.92. The van der Waals surface area contributed by atoms with E-state index in [0.717, 1.165) is 32.5 Å². The molecule has 0 aliphatic heterocycles. The lowest BCUT2D eigenvalue weighted by molar-refractivity contribution is 0.410. The summed E-state index contributed by atoms with van der Waals surface area (Å²) in [5.74, 6) is 0.893. The fourth-order valence-corrected chi connectivity index (χ4v) is 2.49. The van der Waals surface area contributed by atoms with Gasteiger partial charge in [-0.2, -0.15) is 0 Å². The van der Waals surface area contributed by atoms with Crippen LogP contribution in [0.25, 0.3) is 0 Å². The van der Waals surface area contributed by atoms with Gasteiger partial charge < -0.3 is 10.1 Å². The maximum atomic E-state index is 5.36. The van der Waals surface area contributed by atoms with Crippen molar-refractivity contribution < 1.29 is 4.74 Å². The van der Waals surface area contributed by atoms with E-state index in [1.54, 1.807) is 7.11 Å². The van der Waals surface area contributed by atoms with E-state index < -0.39 is 0 Å². The van der Waals surface area contributed by atoms with Crippen LogP contribution in [0.3, 0.4) is 0 Å². The predicted molar refractivity (Wildman–Crippen MR) is 86.9 cm³/mol. The van der Waals surface area contributed by atoms with Crippen molar-refractivity contribution in [3.05, 3.63) is 56.5 Å². The Bertz CT molecular complexity index is 584. The van der Waals surface area contributed by atoms with Crippen LogP contribution in [0.1, 0.15) is 11.1 Å². The van der Waals surface area contributed by atoms with Gasteiger partial charge >= 0.3 is 0 Å². The van der Waals surface area contributed by atoms with Gasteiger partial charge in [-0.05, 0) is 48.9 Å². The van der Waals surface area contributed by atoms with E-state index in [0.29, 0.717) is 0 Å². The molecular formula is C15H15Br2NO. The number of ether oxygens (including phenoxy) is 1. The number of anilines is 1. The highest BCUT2D eigenvalue weighted by molar-refractivity contribution is 9.10. The number of halogens is 2. The Morgan fingerprint density at radius 3 is 2.58 bits per heavy atom. The Morgan fingerprint density at radius 1 is 1.11 bits per heavy atom. The molecule has 2 aromatic carbocycles. The lowest BCUT2D eigenvalue weighted by atomic mass is 10.2. The second kappa shape index (κ2) is 6.44. The molecule has 0 saturated heterocycles. The Labute approximate surface area is 130 Å². The van der Waals surface area contributed by atoms with Gasteiger partial charge in [0, 0.05) is 26.7 Å². The molecule has 2 rings (SSSR count). The van der Waals surface area contributed by atoms with Crippen LogP contribution < -0.4 is 10.1 Å². The number of aryl methyl sites for hydroxylation is 1. The highest BCUT2D eigenvalue weighted by atomic mass is 79.9. The monoisotopic (exact) mass is 383 g/mol. The molecule has 0 radical (unpaired) electrons. The van der Waals surface area contributed by atoms with Crippen LogP contribution in [0.4, 0.5) is 5.69 Å². The summed E-state index contributed by atoms with van der Waals surface area (Å²) in [6.45, 7) is 2.80. The predicted octanol–water partition coefficient (Wildman–Crippen LogP) is 5.14. The molecule has 100 valence electrons. The third-order valence-electron chi connectivity index (χ3n) is 2.88. The van der Waals surface area contributed by atoms with Crippen molar-refractivity contribution in [2.75, 3.05) is 12.4 Å². The molecule has 0 heterocycles. The van der Waals surface area contributed by atoms with E-state index in [4.69, 9.17) is 4.74 Å². The Kier molecular flexibility index (Phi) is 4.88. The van der Waals surface area contributed by atoms with Crippen LogP contribution in [0, 0.1) is 6.92 Å². The number of hydrogen-bond acceptors (Lipinski definition) is 2. The van der Waals surface area contributed by atoms with E-state index in [-0.39, 0.29) is 0 Å². The third-order valence-corrected chi connectivity index (χ3v) is 4.27. The lowest BCUT2D eigenvalue weighted by Gasteiger charge is -2.12. The molecule has 1 N–H and O–H groups in total. The Morgan fingerprint density at radius 2 is 1.89 bits per heavy atom. The van der Waals surface area contributed by atoms with Crippen molar-refractivity contribution in [3.63, 3.8) is 0 Å². The summed E-state index contributed by atoms with van der Waals surface area (Å²) in [5.41, 5.74) is 3.44. The second-order valence-electron chi connectivity index (χ2n) is 4.27. The SMILES string of the molecule is COc1ccc(Br)cc1CNc1ccc(Br)c(C)c1. The largest absolute Gasteiger partial charge is 0.496 e. The normalized spacial score (nSPS) is 10.3. The smallest absolute Gasteiger partial charge is 0.123 e. The summed E-state index contributed by atoms with van der Waals surface area (Å²) < 4.78 is 7.54. The van der Waals surface area contributed by atoms with Crippen LogP contribution in [0.5, 0.6) is 5.75 Å². The van der Waals surface area contributed by atoms with Gasteiger partial charge in [0.2, 0.25) is 0 Å². The number of methoxy groups -OCH3 is 1. The molecule has 0 spiro atoms. The first-order valence-corrected chi connectivity index (χ1v) is 7.51. The molecule has 0 aromatic heterocycles. The number of rotatable bonds is 4. The highest BCUT2D eigenvalue weighted by Gasteiger charge is 2.04. The van der Waals surface area contributed by atoms with Crippen molar-refractivity contribution in [2.45, 2.75) is 13.5 Å². The molecule has 2 nitrogen and oxygen atoms in total. The summed E-state index contributed by atoms with van der Waals surface area (Å²) >= 11 is 6.99. The van der Waals surface area contributed by atoms with Crippen molar-refractivity contribution in [3.8, 4) is 5.75 Å². The zero-order chi connectivity index (χ0) is 13.8. The summed E-state index contributed by atoms with van der Waals surface area (Å²) in [5, 5.41) is 3.41. The fourth-order valence-electron chi connectivity index (χ4n) is 1.84. The minimum absolute atomic E-state index is 0.726. The maximum absolute atomic E-state index is 5.36. The van der Waals surface area contributed by atoms with Gasteiger partial charge in [-0.25, -0.2) is 0 Å². The standard InChI is InChI=1S/C15H15Br2NO/c1-10-7-13(4-5-14(10)17)18-9-11-8-12(16)3-6-15(11)19-2/h3-8,18H,9H2,1-2H3. The molecule has 0 fully saturated rings. The van der Waals surface area contributed by atoms with E-state index >= 15 is 0 Å². The van der Waals surface area contributed by atoms with Gasteiger partial charge in [0.15, 0.2) is 0 Å². The van der Waals surface area contributed by atoms with Crippen LogP contribution in [0.2, 0.25) is 0 Å². The summed E-state index contributed by atoms with van der Waals surface area (Å²) in [6, 6.07) is 12.2. The molecule has 0 saturated carbocycles. The molecular weight excluding hydrogens is 370 g/mol. The maximum Gasteiger partial charge on any atom is 0.123 e. The van der Waals surface area contributed by atoms with Gasteiger partial charge in [-0.1, -0.05) is 31.9 Å². The quantitative estimate of drug-likeness (QED) is 0.787. The molecule has 0 aliphatic carbocycles. The highest BCUT2D eigenvalue weighted by Crippen LogP contribution is 2.25. The zero-order valence-electron chi connectivity index (χ0n) is 10.8. The zero-order valence-corrected chi connectivity index (χ0v) is 14.0. The Hall–Kier alpha value is -1.00. The van der Waals surface area contributed by atoms with Crippen LogP contribution >= 0.6 is 31.9 Å². The summed E-state index contributed by atoms with van der Waals surface area (Å²) in [6.07, 6.45) is 0. The van der Waals surface area contributed by atoms with Crippen molar-refractivity contribution >= 4 is 37.5 Å². The van der Waals surface area contributed by atoms with E-state index in [1.807, 2.05) is 12.1 Å². The molecule has 0 aliphatic rings. The van der Waals surface area contributed by atoms with Gasteiger partial charge in [0.1, 0.15) is 5.75 Å². The summed E-state index contributed by atoms with van der Waals surface area (Å²) in [7, 11) is 1.69. The van der Waals surface area contributed by atoms with E-state index in [9.17, 15) is 0 Å². The average molecular weight is 385 g/mol. The fraction of sp³-hybridized carbons (Fsp3) is 0.200. The van der Waals surface area contributed by atoms with Crippen molar-refractivity contribution in [1.29, 1.82) is 0 Å². The topological polar surface area (TPSA) is 21.3 Å².